The highest BCUT2D eigenvalue weighted by Crippen LogP contribution is 2.32. The van der Waals surface area contributed by atoms with Gasteiger partial charge >= 0.3 is 0 Å². The van der Waals surface area contributed by atoms with Crippen LogP contribution < -0.4 is 4.74 Å². The van der Waals surface area contributed by atoms with Crippen molar-refractivity contribution in [3.05, 3.63) is 121 Å². The van der Waals surface area contributed by atoms with Crippen LogP contribution in [0.5, 0.6) is 11.5 Å². The average Bonchev–Trinajstić information content (AvgIpc) is 3.66. The number of phenolic OH excluding ortho intramolecular Hbond substituents is 1. The second-order valence-electron chi connectivity index (χ2n) is 10.4. The number of aromatic hydroxyl groups is 1. The molecule has 0 aliphatic heterocycles. The molecule has 0 unspecified atom stereocenters. The molecule has 8 aromatic rings. The molecule has 0 aliphatic carbocycles. The summed E-state index contributed by atoms with van der Waals surface area (Å²) >= 11 is 0. The molecule has 1 N–H and O–H groups in total. The van der Waals surface area contributed by atoms with Crippen LogP contribution in [-0.4, -0.2) is 41.2 Å². The Morgan fingerprint density at radius 1 is 0.488 bits per heavy atom. The van der Waals surface area contributed by atoms with Crippen LogP contribution in [0.15, 0.2) is 121 Å². The van der Waals surface area contributed by atoms with E-state index in [0.29, 0.717) is 0 Å². The third-order valence-electron chi connectivity index (χ3n) is 7.11. The number of aromatic nitrogens is 6. The quantitative estimate of drug-likeness (QED) is 0.236. The van der Waals surface area contributed by atoms with E-state index in [9.17, 15) is 5.11 Å². The minimum Gasteiger partial charge on any atom is -0.507 e. The van der Waals surface area contributed by atoms with Crippen molar-refractivity contribution >= 4 is 43.6 Å². The molecule has 0 atom stereocenters. The molecule has 43 heavy (non-hydrogen) atoms. The van der Waals surface area contributed by atoms with Gasteiger partial charge in [0, 0.05) is 21.5 Å². The number of fused-ring (bicyclic) bond motifs is 4. The summed E-state index contributed by atoms with van der Waals surface area (Å²) in [7, 11) is 0. The van der Waals surface area contributed by atoms with Gasteiger partial charge in [0.2, 0.25) is 0 Å². The van der Waals surface area contributed by atoms with E-state index in [1.165, 1.54) is 0 Å². The van der Waals surface area contributed by atoms with Crippen LogP contribution in [0.1, 0.15) is 13.8 Å². The van der Waals surface area contributed by atoms with Crippen molar-refractivity contribution in [1.82, 2.24) is 30.0 Å². The van der Waals surface area contributed by atoms with Gasteiger partial charge in [-0.25, -0.2) is 0 Å². The molecule has 2 heterocycles. The van der Waals surface area contributed by atoms with Crippen molar-refractivity contribution in [2.75, 3.05) is 0 Å². The molecule has 0 saturated heterocycles. The zero-order chi connectivity index (χ0) is 29.3. The Labute approximate surface area is 247 Å². The number of phenols is 1. The lowest BCUT2D eigenvalue weighted by molar-refractivity contribution is 0.245. The number of ether oxygens (including phenoxy) is 1. The van der Waals surface area contributed by atoms with Crippen LogP contribution in [0.3, 0.4) is 0 Å². The molecule has 0 bridgehead atoms. The molecule has 6 aromatic carbocycles. The van der Waals surface area contributed by atoms with E-state index in [1.54, 1.807) is 15.7 Å². The SMILES string of the molecule is CC(C)Oc1ccc(-n2nc3ccccc3n2)c2ccccc12.Oc1ccc(-n2nc3ccccc3n2)c2ccccc12. The number of hydrogen-bond acceptors (Lipinski definition) is 6. The lowest BCUT2D eigenvalue weighted by Gasteiger charge is -2.14. The van der Waals surface area contributed by atoms with Gasteiger partial charge in [0.25, 0.3) is 0 Å². The largest absolute Gasteiger partial charge is 0.507 e. The van der Waals surface area contributed by atoms with Crippen LogP contribution in [0.25, 0.3) is 55.0 Å². The Balaban J connectivity index is 0.000000141. The van der Waals surface area contributed by atoms with Gasteiger partial charge in [0.05, 0.1) is 17.5 Å². The first-order chi connectivity index (χ1) is 21.0. The van der Waals surface area contributed by atoms with Crippen LogP contribution in [0, 0.1) is 0 Å². The fourth-order valence-corrected chi connectivity index (χ4v) is 5.16. The molecule has 0 spiro atoms. The maximum Gasteiger partial charge on any atom is 0.127 e. The summed E-state index contributed by atoms with van der Waals surface area (Å²) < 4.78 is 5.93. The standard InChI is InChI=1S/C19H17N3O.C16H11N3O/c1-13(2)23-19-12-11-18(14-7-3-4-8-15(14)19)22-20-16-9-5-6-10-17(16)21-22;20-16-10-9-15(11-5-1-2-6-12(11)16)19-17-13-7-3-4-8-14(13)18-19/h3-13H,1-2H3;1-10,20H. The fraction of sp³-hybridized carbons (Fsp3) is 0.0857. The predicted molar refractivity (Wildman–Crippen MR) is 170 cm³/mol. The van der Waals surface area contributed by atoms with Gasteiger partial charge in [-0.1, -0.05) is 72.8 Å². The average molecular weight is 565 g/mol. The fourth-order valence-electron chi connectivity index (χ4n) is 5.16. The monoisotopic (exact) mass is 564 g/mol. The van der Waals surface area contributed by atoms with Crippen molar-refractivity contribution in [1.29, 1.82) is 0 Å². The van der Waals surface area contributed by atoms with Gasteiger partial charge in [0.1, 0.15) is 33.6 Å². The van der Waals surface area contributed by atoms with Gasteiger partial charge in [-0.05, 0) is 62.4 Å². The molecule has 0 amide bonds. The van der Waals surface area contributed by atoms with Gasteiger partial charge in [0.15, 0.2) is 0 Å². The van der Waals surface area contributed by atoms with E-state index in [-0.39, 0.29) is 11.9 Å². The van der Waals surface area contributed by atoms with E-state index in [1.807, 2.05) is 117 Å². The number of rotatable bonds is 4. The summed E-state index contributed by atoms with van der Waals surface area (Å²) in [6.07, 6.45) is 0.134. The first kappa shape index (κ1) is 26.2. The molecule has 0 saturated carbocycles. The van der Waals surface area contributed by atoms with Crippen molar-refractivity contribution in [3.63, 3.8) is 0 Å². The predicted octanol–water partition coefficient (Wildman–Crippen LogP) is 7.64. The Hall–Kier alpha value is -5.76. The first-order valence-electron chi connectivity index (χ1n) is 14.1. The summed E-state index contributed by atoms with van der Waals surface area (Å²) in [6, 6.07) is 39.0. The summed E-state index contributed by atoms with van der Waals surface area (Å²) in [5.74, 6) is 1.15. The molecule has 8 heteroatoms. The molecule has 2 aromatic heterocycles. The maximum atomic E-state index is 9.93. The second kappa shape index (κ2) is 10.9. The van der Waals surface area contributed by atoms with E-state index in [0.717, 1.165) is 60.7 Å². The van der Waals surface area contributed by atoms with Gasteiger partial charge in [-0.15, -0.1) is 30.0 Å². The molecule has 8 rings (SSSR count). The van der Waals surface area contributed by atoms with Gasteiger partial charge in [-0.2, -0.15) is 0 Å². The number of benzene rings is 6. The zero-order valence-electron chi connectivity index (χ0n) is 23.7. The topological polar surface area (TPSA) is 90.9 Å². The van der Waals surface area contributed by atoms with Crippen molar-refractivity contribution in [2.45, 2.75) is 20.0 Å². The Morgan fingerprint density at radius 2 is 0.884 bits per heavy atom. The van der Waals surface area contributed by atoms with Crippen LogP contribution in [0.4, 0.5) is 0 Å². The highest BCUT2D eigenvalue weighted by atomic mass is 16.5. The Bertz CT molecular complexity index is 2170. The summed E-state index contributed by atoms with van der Waals surface area (Å²) in [5.41, 5.74) is 5.29. The molecule has 0 fully saturated rings. The van der Waals surface area contributed by atoms with E-state index >= 15 is 0 Å². The second-order valence-corrected chi connectivity index (χ2v) is 10.4. The van der Waals surface area contributed by atoms with Crippen molar-refractivity contribution < 1.29 is 9.84 Å². The molecule has 8 nitrogen and oxygen atoms in total. The first-order valence-corrected chi connectivity index (χ1v) is 14.1. The number of hydrogen-bond donors (Lipinski definition) is 1. The van der Waals surface area contributed by atoms with Crippen molar-refractivity contribution in [3.8, 4) is 22.9 Å². The highest BCUT2D eigenvalue weighted by Gasteiger charge is 2.12. The summed E-state index contributed by atoms with van der Waals surface area (Å²) in [5, 5.41) is 31.9. The van der Waals surface area contributed by atoms with E-state index in [4.69, 9.17) is 4.74 Å². The smallest absolute Gasteiger partial charge is 0.127 e. The van der Waals surface area contributed by atoms with Crippen LogP contribution in [-0.2, 0) is 0 Å². The Kier molecular flexibility index (Phi) is 6.63. The highest BCUT2D eigenvalue weighted by molar-refractivity contribution is 5.95. The molecule has 0 aliphatic rings. The van der Waals surface area contributed by atoms with Gasteiger partial charge < -0.3 is 9.84 Å². The summed E-state index contributed by atoms with van der Waals surface area (Å²) in [6.45, 7) is 4.06. The van der Waals surface area contributed by atoms with Crippen molar-refractivity contribution in [2.24, 2.45) is 0 Å². The van der Waals surface area contributed by atoms with Crippen LogP contribution >= 0.6 is 0 Å². The van der Waals surface area contributed by atoms with E-state index in [2.05, 4.69) is 32.5 Å². The summed E-state index contributed by atoms with van der Waals surface area (Å²) in [4.78, 5) is 3.32. The third-order valence-corrected chi connectivity index (χ3v) is 7.11. The lowest BCUT2D eigenvalue weighted by Crippen LogP contribution is -2.07. The zero-order valence-corrected chi connectivity index (χ0v) is 23.7. The Morgan fingerprint density at radius 3 is 1.37 bits per heavy atom. The molecular formula is C35H28N6O2. The molecule has 0 radical (unpaired) electrons. The van der Waals surface area contributed by atoms with Gasteiger partial charge in [-0.3, -0.25) is 0 Å². The molecular weight excluding hydrogens is 536 g/mol. The maximum absolute atomic E-state index is 9.93. The lowest BCUT2D eigenvalue weighted by atomic mass is 10.1. The third kappa shape index (κ3) is 4.99. The minimum absolute atomic E-state index is 0.134. The molecule has 210 valence electrons. The van der Waals surface area contributed by atoms with Crippen LogP contribution in [0.2, 0.25) is 0 Å². The van der Waals surface area contributed by atoms with E-state index < -0.39 is 0 Å². The minimum atomic E-state index is 0.134. The number of nitrogens with zero attached hydrogens (tertiary/aromatic N) is 6. The normalized spacial score (nSPS) is 11.3.